The highest BCUT2D eigenvalue weighted by molar-refractivity contribution is 5.76. The molecule has 2 saturated heterocycles. The van der Waals surface area contributed by atoms with Crippen molar-refractivity contribution in [3.63, 3.8) is 0 Å². The lowest BCUT2D eigenvalue weighted by Gasteiger charge is -2.41. The van der Waals surface area contributed by atoms with Gasteiger partial charge in [-0.1, -0.05) is 18.2 Å². The van der Waals surface area contributed by atoms with Crippen LogP contribution in [0, 0.1) is 5.41 Å². The third-order valence-corrected chi connectivity index (χ3v) is 7.69. The predicted molar refractivity (Wildman–Crippen MR) is 126 cm³/mol. The second-order valence-electron chi connectivity index (χ2n) is 9.52. The lowest BCUT2D eigenvalue weighted by Crippen LogP contribution is -2.50. The standard InChI is InChI=1S/C25H30N6O/c1-17-23(26)25(16-32-17)10-13-30(14-11-25)22-15-27-24-19(28-22)8-9-21(29-24)31-12-4-6-18-5-2-3-7-20(18)31/h2-3,5,7-9,15,17,23H,4,6,10-14,16,26H2,1H3/t17-,23+/m0/s1. The van der Waals surface area contributed by atoms with Gasteiger partial charge in [0.05, 0.1) is 18.9 Å². The second-order valence-corrected chi connectivity index (χ2v) is 9.52. The summed E-state index contributed by atoms with van der Waals surface area (Å²) in [6, 6.07) is 12.8. The number of nitrogens with zero attached hydrogens (tertiary/aromatic N) is 5. The fourth-order valence-electron chi connectivity index (χ4n) is 5.61. The molecule has 7 heteroatoms. The fourth-order valence-corrected chi connectivity index (χ4v) is 5.61. The van der Waals surface area contributed by atoms with Gasteiger partial charge in [0.15, 0.2) is 5.65 Å². The first-order valence-electron chi connectivity index (χ1n) is 11.7. The Morgan fingerprint density at radius 1 is 1.03 bits per heavy atom. The number of aryl methyl sites for hydroxylation is 1. The summed E-state index contributed by atoms with van der Waals surface area (Å²) in [5.41, 5.74) is 10.7. The van der Waals surface area contributed by atoms with Gasteiger partial charge in [-0.2, -0.15) is 0 Å². The Kier molecular flexibility index (Phi) is 4.77. The third-order valence-electron chi connectivity index (χ3n) is 7.69. The summed E-state index contributed by atoms with van der Waals surface area (Å²) in [4.78, 5) is 19.1. The number of benzene rings is 1. The zero-order valence-electron chi connectivity index (χ0n) is 18.6. The van der Waals surface area contributed by atoms with Crippen LogP contribution in [0.2, 0.25) is 0 Å². The number of anilines is 3. The van der Waals surface area contributed by atoms with Gasteiger partial charge in [0, 0.05) is 36.8 Å². The molecular formula is C25H30N6O. The molecule has 0 saturated carbocycles. The van der Waals surface area contributed by atoms with Crippen LogP contribution in [0.25, 0.3) is 11.2 Å². The largest absolute Gasteiger partial charge is 0.376 e. The smallest absolute Gasteiger partial charge is 0.180 e. The molecule has 0 aliphatic carbocycles. The van der Waals surface area contributed by atoms with Crippen LogP contribution in [0.1, 0.15) is 31.7 Å². The molecule has 6 rings (SSSR count). The maximum atomic E-state index is 6.47. The van der Waals surface area contributed by atoms with Crippen LogP contribution in [-0.4, -0.2) is 53.3 Å². The SMILES string of the molecule is C[C@@H]1OCC2(CCN(c3cnc4nc(N5CCCc6ccccc65)ccc4n3)CC2)[C@@H]1N. The van der Waals surface area contributed by atoms with Crippen molar-refractivity contribution in [2.75, 3.05) is 36.0 Å². The molecule has 0 unspecified atom stereocenters. The Morgan fingerprint density at radius 2 is 1.88 bits per heavy atom. The minimum atomic E-state index is 0.112. The highest BCUT2D eigenvalue weighted by Crippen LogP contribution is 2.41. The van der Waals surface area contributed by atoms with Crippen LogP contribution in [0.5, 0.6) is 0 Å². The summed E-state index contributed by atoms with van der Waals surface area (Å²) in [5, 5.41) is 0. The number of hydrogen-bond donors (Lipinski definition) is 1. The van der Waals surface area contributed by atoms with Crippen molar-refractivity contribution in [1.82, 2.24) is 15.0 Å². The van der Waals surface area contributed by atoms with Gasteiger partial charge in [-0.05, 0) is 56.4 Å². The quantitative estimate of drug-likeness (QED) is 0.667. The van der Waals surface area contributed by atoms with E-state index in [1.807, 2.05) is 6.20 Å². The number of para-hydroxylation sites is 1. The minimum absolute atomic E-state index is 0.112. The van der Waals surface area contributed by atoms with Gasteiger partial charge in [-0.15, -0.1) is 0 Å². The van der Waals surface area contributed by atoms with Crippen molar-refractivity contribution < 1.29 is 4.74 Å². The Bertz CT molecular complexity index is 1140. The number of aromatic nitrogens is 3. The fraction of sp³-hybridized carbons (Fsp3) is 0.480. The van der Waals surface area contributed by atoms with Crippen LogP contribution in [0.3, 0.4) is 0 Å². The molecule has 1 aromatic carbocycles. The molecule has 2 atom stereocenters. The molecule has 166 valence electrons. The molecule has 2 N–H and O–H groups in total. The molecule has 0 radical (unpaired) electrons. The molecule has 1 spiro atoms. The number of nitrogens with two attached hydrogens (primary N) is 1. The van der Waals surface area contributed by atoms with Crippen molar-refractivity contribution in [3.05, 3.63) is 48.2 Å². The second kappa shape index (κ2) is 7.67. The van der Waals surface area contributed by atoms with Gasteiger partial charge in [0.1, 0.15) is 17.2 Å². The van der Waals surface area contributed by atoms with Crippen LogP contribution in [-0.2, 0) is 11.2 Å². The first kappa shape index (κ1) is 19.9. The zero-order valence-corrected chi connectivity index (χ0v) is 18.6. The molecule has 0 amide bonds. The Labute approximate surface area is 188 Å². The molecule has 32 heavy (non-hydrogen) atoms. The summed E-state index contributed by atoms with van der Waals surface area (Å²) >= 11 is 0. The summed E-state index contributed by atoms with van der Waals surface area (Å²) < 4.78 is 5.86. The monoisotopic (exact) mass is 430 g/mol. The van der Waals surface area contributed by atoms with Crippen molar-refractivity contribution in [2.24, 2.45) is 11.1 Å². The molecule has 3 aliphatic rings. The number of hydrogen-bond acceptors (Lipinski definition) is 7. The number of pyridine rings is 1. The molecule has 5 heterocycles. The summed E-state index contributed by atoms with van der Waals surface area (Å²) in [6.07, 6.45) is 6.33. The van der Waals surface area contributed by atoms with Gasteiger partial charge in [0.25, 0.3) is 0 Å². The Hall–Kier alpha value is -2.77. The van der Waals surface area contributed by atoms with Crippen LogP contribution >= 0.6 is 0 Å². The van der Waals surface area contributed by atoms with Crippen LogP contribution in [0.4, 0.5) is 17.3 Å². The number of fused-ring (bicyclic) bond motifs is 2. The molecule has 3 aliphatic heterocycles. The van der Waals surface area contributed by atoms with E-state index >= 15 is 0 Å². The average molecular weight is 431 g/mol. The van der Waals surface area contributed by atoms with Crippen molar-refractivity contribution >= 4 is 28.5 Å². The number of ether oxygens (including phenoxy) is 1. The molecule has 2 fully saturated rings. The molecule has 0 bridgehead atoms. The van der Waals surface area contributed by atoms with E-state index in [0.29, 0.717) is 5.65 Å². The lowest BCUT2D eigenvalue weighted by atomic mass is 9.73. The van der Waals surface area contributed by atoms with E-state index in [1.165, 1.54) is 11.3 Å². The molecule has 7 nitrogen and oxygen atoms in total. The van der Waals surface area contributed by atoms with Crippen molar-refractivity contribution in [3.8, 4) is 0 Å². The highest BCUT2D eigenvalue weighted by atomic mass is 16.5. The Morgan fingerprint density at radius 3 is 2.69 bits per heavy atom. The maximum Gasteiger partial charge on any atom is 0.180 e. The Balaban J connectivity index is 1.23. The van der Waals surface area contributed by atoms with E-state index in [0.717, 1.165) is 69.1 Å². The number of rotatable bonds is 2. The summed E-state index contributed by atoms with van der Waals surface area (Å²) in [6.45, 7) is 5.70. The van der Waals surface area contributed by atoms with Crippen molar-refractivity contribution in [1.29, 1.82) is 0 Å². The van der Waals surface area contributed by atoms with E-state index in [9.17, 15) is 0 Å². The lowest BCUT2D eigenvalue weighted by molar-refractivity contribution is 0.0974. The first-order chi connectivity index (χ1) is 15.6. The summed E-state index contributed by atoms with van der Waals surface area (Å²) in [5.74, 6) is 1.86. The van der Waals surface area contributed by atoms with E-state index in [-0.39, 0.29) is 17.6 Å². The topological polar surface area (TPSA) is 80.4 Å². The maximum absolute atomic E-state index is 6.47. The molecule has 3 aromatic rings. The average Bonchev–Trinajstić information content (AvgIpc) is 3.12. The number of piperidine rings is 1. The van der Waals surface area contributed by atoms with Gasteiger partial charge < -0.3 is 20.3 Å². The molecular weight excluding hydrogens is 400 g/mol. The summed E-state index contributed by atoms with van der Waals surface area (Å²) in [7, 11) is 0. The third kappa shape index (κ3) is 3.22. The van der Waals surface area contributed by atoms with Crippen LogP contribution in [0.15, 0.2) is 42.6 Å². The van der Waals surface area contributed by atoms with E-state index < -0.39 is 0 Å². The highest BCUT2D eigenvalue weighted by Gasteiger charge is 2.47. The van der Waals surface area contributed by atoms with E-state index in [1.54, 1.807) is 0 Å². The molecule has 2 aromatic heterocycles. The van der Waals surface area contributed by atoms with Gasteiger partial charge in [-0.25, -0.2) is 15.0 Å². The van der Waals surface area contributed by atoms with Gasteiger partial charge in [0.2, 0.25) is 0 Å². The normalized spacial score (nSPS) is 24.8. The van der Waals surface area contributed by atoms with Crippen molar-refractivity contribution in [2.45, 2.75) is 44.8 Å². The van der Waals surface area contributed by atoms with E-state index in [4.69, 9.17) is 25.4 Å². The first-order valence-corrected chi connectivity index (χ1v) is 11.7. The zero-order chi connectivity index (χ0) is 21.7. The van der Waals surface area contributed by atoms with Crippen LogP contribution < -0.4 is 15.5 Å². The predicted octanol–water partition coefficient (Wildman–Crippen LogP) is 3.44. The van der Waals surface area contributed by atoms with E-state index in [2.05, 4.69) is 53.1 Å². The minimum Gasteiger partial charge on any atom is -0.376 e. The van der Waals surface area contributed by atoms with Gasteiger partial charge >= 0.3 is 0 Å². The van der Waals surface area contributed by atoms with Gasteiger partial charge in [-0.3, -0.25) is 0 Å².